The maximum atomic E-state index is 12.1. The highest BCUT2D eigenvalue weighted by Gasteiger charge is 2.06. The number of hydrogen-bond donors (Lipinski definition) is 3. The molecular formula is C22H22N4O3. The van der Waals surface area contributed by atoms with Gasteiger partial charge in [-0.1, -0.05) is 30.3 Å². The van der Waals surface area contributed by atoms with Crippen molar-refractivity contribution in [2.75, 3.05) is 17.2 Å². The van der Waals surface area contributed by atoms with Crippen LogP contribution >= 0.6 is 0 Å². The molecule has 3 N–H and O–H groups in total. The van der Waals surface area contributed by atoms with Gasteiger partial charge in [-0.25, -0.2) is 0 Å². The number of nitrogens with zero attached hydrogens (tertiary/aromatic N) is 1. The van der Waals surface area contributed by atoms with Gasteiger partial charge in [0, 0.05) is 48.7 Å². The van der Waals surface area contributed by atoms with E-state index in [1.807, 2.05) is 60.7 Å². The predicted octanol–water partition coefficient (Wildman–Crippen LogP) is 4.46. The van der Waals surface area contributed by atoms with E-state index in [4.69, 9.17) is 0 Å². The molecule has 3 aromatic rings. The SMILES string of the molecule is O=C(CCNCc1cccc([N+](=O)[O-])c1)Nc1ccc(Nc2ccccc2)cc1. The lowest BCUT2D eigenvalue weighted by Crippen LogP contribution is -2.21. The van der Waals surface area contributed by atoms with Crippen LogP contribution < -0.4 is 16.0 Å². The fourth-order valence-electron chi connectivity index (χ4n) is 2.76. The van der Waals surface area contributed by atoms with Crippen LogP contribution in [-0.4, -0.2) is 17.4 Å². The molecule has 0 aliphatic carbocycles. The average Bonchev–Trinajstić information content (AvgIpc) is 2.74. The summed E-state index contributed by atoms with van der Waals surface area (Å²) < 4.78 is 0. The molecular weight excluding hydrogens is 368 g/mol. The van der Waals surface area contributed by atoms with Gasteiger partial charge < -0.3 is 16.0 Å². The number of benzene rings is 3. The molecule has 0 aliphatic heterocycles. The van der Waals surface area contributed by atoms with Gasteiger partial charge in [-0.15, -0.1) is 0 Å². The molecule has 0 spiro atoms. The zero-order valence-corrected chi connectivity index (χ0v) is 15.8. The second kappa shape index (κ2) is 10.0. The van der Waals surface area contributed by atoms with Crippen LogP contribution in [0.5, 0.6) is 0 Å². The standard InChI is InChI=1S/C22H22N4O3/c27-22(13-14-23-16-17-5-4-8-21(15-17)26(28)29)25-20-11-9-19(10-12-20)24-18-6-2-1-3-7-18/h1-12,15,23-24H,13-14,16H2,(H,25,27). The molecule has 148 valence electrons. The fraction of sp³-hybridized carbons (Fsp3) is 0.136. The van der Waals surface area contributed by atoms with Crippen molar-refractivity contribution in [2.24, 2.45) is 0 Å². The first-order valence-electron chi connectivity index (χ1n) is 9.26. The number of nitro benzene ring substituents is 1. The summed E-state index contributed by atoms with van der Waals surface area (Å²) in [5, 5.41) is 20.1. The summed E-state index contributed by atoms with van der Waals surface area (Å²) in [6.45, 7) is 0.941. The van der Waals surface area contributed by atoms with Gasteiger partial charge in [-0.3, -0.25) is 14.9 Å². The average molecular weight is 390 g/mol. The molecule has 0 bridgehead atoms. The number of nitro groups is 1. The van der Waals surface area contributed by atoms with E-state index >= 15 is 0 Å². The Balaban J connectivity index is 1.40. The van der Waals surface area contributed by atoms with Crippen molar-refractivity contribution in [2.45, 2.75) is 13.0 Å². The third kappa shape index (κ3) is 6.44. The third-order valence-electron chi connectivity index (χ3n) is 4.21. The largest absolute Gasteiger partial charge is 0.356 e. The molecule has 3 rings (SSSR count). The first-order valence-corrected chi connectivity index (χ1v) is 9.26. The Hall–Kier alpha value is -3.71. The van der Waals surface area contributed by atoms with Crippen LogP contribution in [0.15, 0.2) is 78.9 Å². The van der Waals surface area contributed by atoms with Crippen LogP contribution in [0, 0.1) is 10.1 Å². The zero-order valence-electron chi connectivity index (χ0n) is 15.8. The minimum Gasteiger partial charge on any atom is -0.356 e. The monoisotopic (exact) mass is 390 g/mol. The van der Waals surface area contributed by atoms with E-state index in [0.717, 1.165) is 22.6 Å². The third-order valence-corrected chi connectivity index (χ3v) is 4.21. The van der Waals surface area contributed by atoms with E-state index < -0.39 is 4.92 Å². The summed E-state index contributed by atoms with van der Waals surface area (Å²) in [4.78, 5) is 22.5. The first kappa shape index (κ1) is 20.0. The Morgan fingerprint density at radius 3 is 2.28 bits per heavy atom. The van der Waals surface area contributed by atoms with E-state index in [9.17, 15) is 14.9 Å². The highest BCUT2D eigenvalue weighted by Crippen LogP contribution is 2.18. The maximum Gasteiger partial charge on any atom is 0.269 e. The first-order chi connectivity index (χ1) is 14.1. The molecule has 1 amide bonds. The summed E-state index contributed by atoms with van der Waals surface area (Å²) >= 11 is 0. The van der Waals surface area contributed by atoms with Gasteiger partial charge in [0.25, 0.3) is 5.69 Å². The topological polar surface area (TPSA) is 96.3 Å². The second-order valence-electron chi connectivity index (χ2n) is 6.47. The number of para-hydroxylation sites is 1. The van der Waals surface area contributed by atoms with Gasteiger partial charge in [0.05, 0.1) is 4.92 Å². The van der Waals surface area contributed by atoms with Crippen molar-refractivity contribution in [3.05, 3.63) is 94.5 Å². The number of rotatable bonds is 9. The Labute approximate surface area is 168 Å². The van der Waals surface area contributed by atoms with Crippen LogP contribution in [-0.2, 0) is 11.3 Å². The Morgan fingerprint density at radius 1 is 0.862 bits per heavy atom. The summed E-state index contributed by atoms with van der Waals surface area (Å²) in [5.74, 6) is -0.0969. The summed E-state index contributed by atoms with van der Waals surface area (Å²) in [7, 11) is 0. The Kier molecular flexibility index (Phi) is 6.91. The summed E-state index contributed by atoms with van der Waals surface area (Å²) in [6.07, 6.45) is 0.305. The van der Waals surface area contributed by atoms with Crippen molar-refractivity contribution in [1.29, 1.82) is 0 Å². The molecule has 7 nitrogen and oxygen atoms in total. The van der Waals surface area contributed by atoms with Crippen LogP contribution in [0.2, 0.25) is 0 Å². The van der Waals surface area contributed by atoms with Crippen LogP contribution in [0.3, 0.4) is 0 Å². The quantitative estimate of drug-likeness (QED) is 0.285. The van der Waals surface area contributed by atoms with E-state index in [-0.39, 0.29) is 11.6 Å². The van der Waals surface area contributed by atoms with Gasteiger partial charge in [-0.2, -0.15) is 0 Å². The lowest BCUT2D eigenvalue weighted by molar-refractivity contribution is -0.384. The molecule has 7 heteroatoms. The van der Waals surface area contributed by atoms with Gasteiger partial charge >= 0.3 is 0 Å². The van der Waals surface area contributed by atoms with Gasteiger partial charge in [0.2, 0.25) is 5.91 Å². The molecule has 0 saturated carbocycles. The van der Waals surface area contributed by atoms with Crippen molar-refractivity contribution < 1.29 is 9.72 Å². The maximum absolute atomic E-state index is 12.1. The lowest BCUT2D eigenvalue weighted by atomic mass is 10.2. The van der Waals surface area contributed by atoms with Crippen molar-refractivity contribution in [3.63, 3.8) is 0 Å². The lowest BCUT2D eigenvalue weighted by Gasteiger charge is -2.09. The molecule has 0 unspecified atom stereocenters. The van der Waals surface area contributed by atoms with Crippen LogP contribution in [0.4, 0.5) is 22.7 Å². The van der Waals surface area contributed by atoms with Crippen molar-refractivity contribution >= 4 is 28.7 Å². The molecule has 0 aliphatic rings. The molecule has 0 fully saturated rings. The molecule has 3 aromatic carbocycles. The number of carbonyl (C=O) groups is 1. The number of nitrogens with one attached hydrogen (secondary N) is 3. The molecule has 0 aromatic heterocycles. The van der Waals surface area contributed by atoms with Gasteiger partial charge in [0.1, 0.15) is 0 Å². The predicted molar refractivity (Wildman–Crippen MR) is 114 cm³/mol. The van der Waals surface area contributed by atoms with Crippen molar-refractivity contribution in [1.82, 2.24) is 5.32 Å². The number of amides is 1. The summed E-state index contributed by atoms with van der Waals surface area (Å²) in [5.41, 5.74) is 3.53. The zero-order chi connectivity index (χ0) is 20.5. The number of anilines is 3. The normalized spacial score (nSPS) is 10.3. The molecule has 0 heterocycles. The summed E-state index contributed by atoms with van der Waals surface area (Å²) in [6, 6.07) is 23.8. The van der Waals surface area contributed by atoms with E-state index in [2.05, 4.69) is 16.0 Å². The minimum absolute atomic E-state index is 0.0623. The van der Waals surface area contributed by atoms with E-state index in [1.54, 1.807) is 6.07 Å². The fourth-order valence-corrected chi connectivity index (χ4v) is 2.76. The van der Waals surface area contributed by atoms with Gasteiger partial charge in [0.15, 0.2) is 0 Å². The second-order valence-corrected chi connectivity index (χ2v) is 6.47. The van der Waals surface area contributed by atoms with E-state index in [0.29, 0.717) is 19.5 Å². The van der Waals surface area contributed by atoms with Crippen LogP contribution in [0.1, 0.15) is 12.0 Å². The highest BCUT2D eigenvalue weighted by atomic mass is 16.6. The number of non-ortho nitro benzene ring substituents is 1. The number of carbonyl (C=O) groups excluding carboxylic acids is 1. The Morgan fingerprint density at radius 2 is 1.55 bits per heavy atom. The van der Waals surface area contributed by atoms with Gasteiger partial charge in [-0.05, 0) is 42.0 Å². The Bertz CT molecular complexity index is 959. The number of hydrogen-bond acceptors (Lipinski definition) is 5. The van der Waals surface area contributed by atoms with Crippen molar-refractivity contribution in [3.8, 4) is 0 Å². The van der Waals surface area contributed by atoms with Crippen LogP contribution in [0.25, 0.3) is 0 Å². The smallest absolute Gasteiger partial charge is 0.269 e. The molecule has 0 atom stereocenters. The molecule has 0 saturated heterocycles. The highest BCUT2D eigenvalue weighted by molar-refractivity contribution is 5.91. The molecule has 29 heavy (non-hydrogen) atoms. The molecule has 0 radical (unpaired) electrons. The minimum atomic E-state index is -0.419. The van der Waals surface area contributed by atoms with E-state index in [1.165, 1.54) is 12.1 Å².